The molecule has 6 heteroatoms. The van der Waals surface area contributed by atoms with Crippen LogP contribution in [0.1, 0.15) is 25.5 Å². The zero-order chi connectivity index (χ0) is 19.2. The molecule has 0 atom stereocenters. The van der Waals surface area contributed by atoms with Gasteiger partial charge in [-0.05, 0) is 64.0 Å². The van der Waals surface area contributed by atoms with E-state index in [1.807, 2.05) is 13.0 Å². The summed E-state index contributed by atoms with van der Waals surface area (Å²) in [5, 5.41) is 6.69. The Bertz CT molecular complexity index is 720. The summed E-state index contributed by atoms with van der Waals surface area (Å²) in [6.45, 7) is 8.40. The molecule has 1 aromatic heterocycles. The van der Waals surface area contributed by atoms with Gasteiger partial charge in [0, 0.05) is 49.3 Å². The summed E-state index contributed by atoms with van der Waals surface area (Å²) in [5.74, 6) is 2.33. The molecule has 27 heavy (non-hydrogen) atoms. The Kier molecular flexibility index (Phi) is 6.50. The Hall–Kier alpha value is -2.34. The Labute approximate surface area is 163 Å². The second-order valence-electron chi connectivity index (χ2n) is 7.79. The van der Waals surface area contributed by atoms with Crippen molar-refractivity contribution in [3.63, 3.8) is 0 Å². The number of piperidine rings is 1. The van der Waals surface area contributed by atoms with Gasteiger partial charge in [0.1, 0.15) is 5.82 Å². The molecule has 3 rings (SSSR count). The van der Waals surface area contributed by atoms with Crippen molar-refractivity contribution in [2.45, 2.75) is 26.7 Å². The molecule has 1 saturated heterocycles. The second kappa shape index (κ2) is 9.04. The number of benzene rings is 1. The van der Waals surface area contributed by atoms with E-state index >= 15 is 0 Å². The Morgan fingerprint density at radius 3 is 2.48 bits per heavy atom. The highest BCUT2D eigenvalue weighted by molar-refractivity contribution is 5.61. The number of likely N-dealkylation sites (N-methyl/N-ethyl adjacent to an activating group) is 1. The normalized spacial score (nSPS) is 15.2. The predicted octanol–water partition coefficient (Wildman–Crippen LogP) is 3.74. The van der Waals surface area contributed by atoms with Gasteiger partial charge in [0.15, 0.2) is 0 Å². The molecule has 0 aliphatic carbocycles. The monoisotopic (exact) mass is 368 g/mol. The van der Waals surface area contributed by atoms with E-state index in [2.05, 4.69) is 75.7 Å². The van der Waals surface area contributed by atoms with Crippen LogP contribution in [0.15, 0.2) is 30.3 Å². The summed E-state index contributed by atoms with van der Waals surface area (Å²) in [5.41, 5.74) is 3.29. The van der Waals surface area contributed by atoms with Crippen molar-refractivity contribution in [1.29, 1.82) is 0 Å². The lowest BCUT2D eigenvalue weighted by molar-refractivity contribution is 0.425. The van der Waals surface area contributed by atoms with E-state index < -0.39 is 0 Å². The molecule has 0 unspecified atom stereocenters. The number of hydrogen-bond donors (Lipinski definition) is 2. The number of aromatic nitrogens is 2. The lowest BCUT2D eigenvalue weighted by atomic mass is 9.99. The minimum Gasteiger partial charge on any atom is -0.372 e. The molecule has 2 N–H and O–H groups in total. The zero-order valence-corrected chi connectivity index (χ0v) is 17.0. The minimum atomic E-state index is 0.665. The molecule has 146 valence electrons. The lowest BCUT2D eigenvalue weighted by Crippen LogP contribution is -2.32. The van der Waals surface area contributed by atoms with Gasteiger partial charge in [-0.25, -0.2) is 4.98 Å². The van der Waals surface area contributed by atoms with Crippen LogP contribution >= 0.6 is 0 Å². The van der Waals surface area contributed by atoms with Crippen LogP contribution in [0, 0.1) is 12.8 Å². The molecule has 6 nitrogen and oxygen atoms in total. The van der Waals surface area contributed by atoms with Crippen LogP contribution in [-0.2, 0) is 0 Å². The van der Waals surface area contributed by atoms with E-state index in [1.165, 1.54) is 18.5 Å². The molecule has 0 bridgehead atoms. The summed E-state index contributed by atoms with van der Waals surface area (Å²) < 4.78 is 0. The van der Waals surface area contributed by atoms with Gasteiger partial charge >= 0.3 is 0 Å². The molecule has 2 aromatic rings. The first kappa shape index (κ1) is 19.4. The third-order valence-corrected chi connectivity index (χ3v) is 4.98. The standard InChI is InChI=1S/C21H32N6/c1-16-9-12-27(13-10-16)19-7-5-18(6-8-19)24-20-15-17(2)23-21(25-20)22-11-14-26(3)4/h5-8,15-16H,9-14H2,1-4H3,(H2,22,23,24,25). The predicted molar refractivity (Wildman–Crippen MR) is 114 cm³/mol. The highest BCUT2D eigenvalue weighted by Crippen LogP contribution is 2.25. The maximum absolute atomic E-state index is 4.58. The number of nitrogens with zero attached hydrogens (tertiary/aromatic N) is 4. The van der Waals surface area contributed by atoms with Crippen LogP contribution in [0.3, 0.4) is 0 Å². The SMILES string of the molecule is Cc1cc(Nc2ccc(N3CCC(C)CC3)cc2)nc(NCCN(C)C)n1. The van der Waals surface area contributed by atoms with Crippen LogP contribution < -0.4 is 15.5 Å². The van der Waals surface area contributed by atoms with Gasteiger partial charge < -0.3 is 20.4 Å². The van der Waals surface area contributed by atoms with E-state index in [0.717, 1.165) is 49.3 Å². The van der Waals surface area contributed by atoms with Gasteiger partial charge in [-0.1, -0.05) is 6.92 Å². The summed E-state index contributed by atoms with van der Waals surface area (Å²) in [6.07, 6.45) is 2.56. The number of anilines is 4. The van der Waals surface area contributed by atoms with Crippen LogP contribution in [0.5, 0.6) is 0 Å². The molecule has 1 aliphatic heterocycles. The quantitative estimate of drug-likeness (QED) is 0.776. The summed E-state index contributed by atoms with van der Waals surface area (Å²) in [7, 11) is 4.11. The van der Waals surface area contributed by atoms with E-state index in [0.29, 0.717) is 5.95 Å². The first-order valence-corrected chi connectivity index (χ1v) is 9.86. The number of aryl methyl sites for hydroxylation is 1. The molecule has 2 heterocycles. The van der Waals surface area contributed by atoms with Gasteiger partial charge in [0.05, 0.1) is 0 Å². The minimum absolute atomic E-state index is 0.665. The maximum Gasteiger partial charge on any atom is 0.224 e. The average molecular weight is 369 g/mol. The largest absolute Gasteiger partial charge is 0.372 e. The first-order chi connectivity index (χ1) is 13.0. The second-order valence-corrected chi connectivity index (χ2v) is 7.79. The fourth-order valence-corrected chi connectivity index (χ4v) is 3.27. The van der Waals surface area contributed by atoms with E-state index in [1.54, 1.807) is 0 Å². The van der Waals surface area contributed by atoms with E-state index in [9.17, 15) is 0 Å². The molecular weight excluding hydrogens is 336 g/mol. The van der Waals surface area contributed by atoms with Gasteiger partial charge in [-0.2, -0.15) is 4.98 Å². The third kappa shape index (κ3) is 5.82. The first-order valence-electron chi connectivity index (χ1n) is 9.86. The van der Waals surface area contributed by atoms with Gasteiger partial charge in [0.25, 0.3) is 0 Å². The Morgan fingerprint density at radius 1 is 1.11 bits per heavy atom. The molecule has 0 amide bonds. The van der Waals surface area contributed by atoms with Crippen LogP contribution in [0.4, 0.5) is 23.1 Å². The number of rotatable bonds is 7. The smallest absolute Gasteiger partial charge is 0.224 e. The van der Waals surface area contributed by atoms with Gasteiger partial charge in [0.2, 0.25) is 5.95 Å². The fourth-order valence-electron chi connectivity index (χ4n) is 3.27. The van der Waals surface area contributed by atoms with Crippen molar-refractivity contribution < 1.29 is 0 Å². The molecule has 0 saturated carbocycles. The highest BCUT2D eigenvalue weighted by Gasteiger charge is 2.15. The Balaban J connectivity index is 1.62. The summed E-state index contributed by atoms with van der Waals surface area (Å²) >= 11 is 0. The summed E-state index contributed by atoms with van der Waals surface area (Å²) in [4.78, 5) is 13.7. The Morgan fingerprint density at radius 2 is 1.81 bits per heavy atom. The molecular formula is C21H32N6. The van der Waals surface area contributed by atoms with Crippen molar-refractivity contribution in [2.24, 2.45) is 5.92 Å². The van der Waals surface area contributed by atoms with Crippen molar-refractivity contribution >= 4 is 23.1 Å². The summed E-state index contributed by atoms with van der Waals surface area (Å²) in [6, 6.07) is 10.6. The van der Waals surface area contributed by atoms with Crippen molar-refractivity contribution in [2.75, 3.05) is 55.8 Å². The zero-order valence-electron chi connectivity index (χ0n) is 17.0. The lowest BCUT2D eigenvalue weighted by Gasteiger charge is -2.32. The third-order valence-electron chi connectivity index (χ3n) is 4.98. The molecule has 0 radical (unpaired) electrons. The molecule has 0 spiro atoms. The van der Waals surface area contributed by atoms with Crippen molar-refractivity contribution in [3.05, 3.63) is 36.0 Å². The van der Waals surface area contributed by atoms with Crippen molar-refractivity contribution in [3.8, 4) is 0 Å². The van der Waals surface area contributed by atoms with Gasteiger partial charge in [-0.15, -0.1) is 0 Å². The molecule has 1 aromatic carbocycles. The molecule has 1 aliphatic rings. The molecule has 1 fully saturated rings. The van der Waals surface area contributed by atoms with Crippen molar-refractivity contribution in [1.82, 2.24) is 14.9 Å². The number of hydrogen-bond acceptors (Lipinski definition) is 6. The van der Waals surface area contributed by atoms with Crippen LogP contribution in [0.2, 0.25) is 0 Å². The van der Waals surface area contributed by atoms with Gasteiger partial charge in [-0.3, -0.25) is 0 Å². The van der Waals surface area contributed by atoms with E-state index in [4.69, 9.17) is 0 Å². The maximum atomic E-state index is 4.58. The van der Waals surface area contributed by atoms with E-state index in [-0.39, 0.29) is 0 Å². The average Bonchev–Trinajstić information content (AvgIpc) is 2.62. The highest BCUT2D eigenvalue weighted by atomic mass is 15.2. The van der Waals surface area contributed by atoms with Crippen LogP contribution in [-0.4, -0.2) is 55.1 Å². The fraction of sp³-hybridized carbons (Fsp3) is 0.524. The number of nitrogens with one attached hydrogen (secondary N) is 2. The van der Waals surface area contributed by atoms with Crippen LogP contribution in [0.25, 0.3) is 0 Å². The topological polar surface area (TPSA) is 56.3 Å².